The minimum Gasteiger partial charge on any atom is -0.389 e. The van der Waals surface area contributed by atoms with Crippen LogP contribution in [-0.2, 0) is 13.0 Å². The third kappa shape index (κ3) is 3.53. The topological polar surface area (TPSA) is 61.3 Å². The summed E-state index contributed by atoms with van der Waals surface area (Å²) in [5.41, 5.74) is 4.56. The Morgan fingerprint density at radius 2 is 1.92 bits per heavy atom. The van der Waals surface area contributed by atoms with E-state index >= 15 is 0 Å². The van der Waals surface area contributed by atoms with Gasteiger partial charge in [0, 0.05) is 25.0 Å². The number of fused-ring (bicyclic) bond motifs is 1. The molecule has 0 radical (unpaired) electrons. The summed E-state index contributed by atoms with van der Waals surface area (Å²) in [5.74, 6) is 1.52. The lowest BCUT2D eigenvalue weighted by molar-refractivity contribution is 0.199. The maximum absolute atomic E-state index is 9.77. The highest BCUT2D eigenvalue weighted by Gasteiger charge is 2.19. The molecule has 5 heteroatoms. The predicted molar refractivity (Wildman–Crippen MR) is 104 cm³/mol. The highest BCUT2D eigenvalue weighted by molar-refractivity contribution is 5.55. The molecule has 1 aromatic heterocycles. The Hall–Kier alpha value is -2.92. The van der Waals surface area contributed by atoms with Gasteiger partial charge in [-0.05, 0) is 48.2 Å². The van der Waals surface area contributed by atoms with E-state index < -0.39 is 6.10 Å². The normalized spacial score (nSPS) is 14.6. The van der Waals surface area contributed by atoms with Crippen molar-refractivity contribution in [3.63, 3.8) is 0 Å². The molecule has 26 heavy (non-hydrogen) atoms. The van der Waals surface area contributed by atoms with E-state index in [0.717, 1.165) is 36.6 Å². The fourth-order valence-electron chi connectivity index (χ4n) is 3.26. The van der Waals surface area contributed by atoms with Crippen LogP contribution in [0.2, 0.25) is 0 Å². The van der Waals surface area contributed by atoms with Crippen LogP contribution in [0.1, 0.15) is 29.7 Å². The zero-order chi connectivity index (χ0) is 17.9. The largest absolute Gasteiger partial charge is 0.389 e. The van der Waals surface area contributed by atoms with E-state index in [2.05, 4.69) is 32.3 Å². The van der Waals surface area contributed by atoms with Crippen LogP contribution in [0.4, 0.5) is 17.5 Å². The van der Waals surface area contributed by atoms with Crippen molar-refractivity contribution in [3.05, 3.63) is 77.5 Å². The summed E-state index contributed by atoms with van der Waals surface area (Å²) < 4.78 is 0. The van der Waals surface area contributed by atoms with Gasteiger partial charge in [-0.15, -0.1) is 0 Å². The Bertz CT molecular complexity index is 896. The minimum absolute atomic E-state index is 0.424. The number of benzene rings is 2. The molecule has 5 nitrogen and oxygen atoms in total. The average molecular weight is 346 g/mol. The van der Waals surface area contributed by atoms with Crippen molar-refractivity contribution in [1.29, 1.82) is 0 Å². The van der Waals surface area contributed by atoms with Gasteiger partial charge < -0.3 is 15.3 Å². The lowest BCUT2D eigenvalue weighted by atomic mass is 9.96. The highest BCUT2D eigenvalue weighted by atomic mass is 16.3. The minimum atomic E-state index is -0.424. The molecule has 4 rings (SSSR count). The summed E-state index contributed by atoms with van der Waals surface area (Å²) >= 11 is 0. The van der Waals surface area contributed by atoms with Gasteiger partial charge in [0.2, 0.25) is 5.95 Å². The number of rotatable bonds is 4. The molecule has 1 aliphatic heterocycles. The Balaban J connectivity index is 1.53. The van der Waals surface area contributed by atoms with Gasteiger partial charge in [-0.25, -0.2) is 4.98 Å². The van der Waals surface area contributed by atoms with Crippen molar-refractivity contribution in [3.8, 4) is 0 Å². The molecule has 132 valence electrons. The third-order valence-electron chi connectivity index (χ3n) is 4.72. The van der Waals surface area contributed by atoms with Gasteiger partial charge in [0.1, 0.15) is 5.82 Å². The van der Waals surface area contributed by atoms with Gasteiger partial charge in [0.15, 0.2) is 0 Å². The van der Waals surface area contributed by atoms with Crippen LogP contribution in [0.25, 0.3) is 0 Å². The standard InChI is InChI=1S/C21H22N4O/c1-15(26)16-7-8-18-14-25(12-10-17(18)13-16)20-9-11-22-21(24-20)23-19-5-3-2-4-6-19/h2-9,11,13,15,26H,10,12,14H2,1H3,(H,22,23,24)/t15-/m0/s1. The van der Waals surface area contributed by atoms with E-state index in [1.807, 2.05) is 42.5 Å². The monoisotopic (exact) mass is 346 g/mol. The zero-order valence-electron chi connectivity index (χ0n) is 14.8. The molecule has 0 bridgehead atoms. The molecule has 0 aliphatic carbocycles. The molecule has 2 aromatic carbocycles. The second-order valence-electron chi connectivity index (χ2n) is 6.61. The van der Waals surface area contributed by atoms with Crippen LogP contribution in [0.5, 0.6) is 0 Å². The molecular weight excluding hydrogens is 324 g/mol. The van der Waals surface area contributed by atoms with Crippen LogP contribution in [0, 0.1) is 0 Å². The maximum Gasteiger partial charge on any atom is 0.229 e. The first-order valence-corrected chi connectivity index (χ1v) is 8.89. The number of nitrogens with zero attached hydrogens (tertiary/aromatic N) is 3. The number of aliphatic hydroxyl groups excluding tert-OH is 1. The Morgan fingerprint density at radius 1 is 1.08 bits per heavy atom. The van der Waals surface area contributed by atoms with Crippen molar-refractivity contribution >= 4 is 17.5 Å². The third-order valence-corrected chi connectivity index (χ3v) is 4.72. The second-order valence-corrected chi connectivity index (χ2v) is 6.61. The lowest BCUT2D eigenvalue weighted by Gasteiger charge is -2.30. The molecule has 0 saturated carbocycles. The molecule has 0 amide bonds. The number of anilines is 3. The van der Waals surface area contributed by atoms with Crippen molar-refractivity contribution in [2.45, 2.75) is 26.0 Å². The summed E-state index contributed by atoms with van der Waals surface area (Å²) in [6.07, 6.45) is 2.31. The first-order valence-electron chi connectivity index (χ1n) is 8.89. The van der Waals surface area contributed by atoms with Crippen LogP contribution in [-0.4, -0.2) is 21.6 Å². The van der Waals surface area contributed by atoms with E-state index in [9.17, 15) is 5.11 Å². The molecule has 1 atom stereocenters. The first-order chi connectivity index (χ1) is 12.7. The molecule has 0 unspecified atom stereocenters. The molecule has 0 fully saturated rings. The number of hydrogen-bond donors (Lipinski definition) is 2. The molecule has 2 heterocycles. The summed E-state index contributed by atoms with van der Waals surface area (Å²) in [7, 11) is 0. The van der Waals surface area contributed by atoms with Gasteiger partial charge in [-0.3, -0.25) is 0 Å². The molecular formula is C21H22N4O. The summed E-state index contributed by atoms with van der Waals surface area (Å²) in [4.78, 5) is 11.3. The molecule has 0 spiro atoms. The van der Waals surface area contributed by atoms with Crippen LogP contribution in [0.3, 0.4) is 0 Å². The van der Waals surface area contributed by atoms with Crippen LogP contribution >= 0.6 is 0 Å². The van der Waals surface area contributed by atoms with E-state index in [1.165, 1.54) is 11.1 Å². The van der Waals surface area contributed by atoms with Crippen LogP contribution in [0.15, 0.2) is 60.8 Å². The van der Waals surface area contributed by atoms with E-state index in [4.69, 9.17) is 0 Å². The second kappa shape index (κ2) is 7.14. The smallest absolute Gasteiger partial charge is 0.229 e. The summed E-state index contributed by atoms with van der Waals surface area (Å²) in [5, 5.41) is 13.0. The fraction of sp³-hybridized carbons (Fsp3) is 0.238. The SMILES string of the molecule is C[C@H](O)c1ccc2c(c1)CCN(c1ccnc(Nc3ccccc3)n1)C2. The number of para-hydroxylation sites is 1. The van der Waals surface area contributed by atoms with Crippen molar-refractivity contribution < 1.29 is 5.11 Å². The van der Waals surface area contributed by atoms with Crippen molar-refractivity contribution in [2.75, 3.05) is 16.8 Å². The number of aromatic nitrogens is 2. The quantitative estimate of drug-likeness (QED) is 0.752. The molecule has 3 aromatic rings. The van der Waals surface area contributed by atoms with Gasteiger partial charge in [0.25, 0.3) is 0 Å². The Labute approximate surface area is 153 Å². The highest BCUT2D eigenvalue weighted by Crippen LogP contribution is 2.26. The molecule has 1 aliphatic rings. The van der Waals surface area contributed by atoms with Gasteiger partial charge in [-0.2, -0.15) is 4.98 Å². The van der Waals surface area contributed by atoms with Gasteiger partial charge >= 0.3 is 0 Å². The molecule has 2 N–H and O–H groups in total. The first kappa shape index (κ1) is 16.5. The fourth-order valence-corrected chi connectivity index (χ4v) is 3.26. The van der Waals surface area contributed by atoms with Gasteiger partial charge in [-0.1, -0.05) is 36.4 Å². The predicted octanol–water partition coefficient (Wildman–Crippen LogP) is 3.84. The van der Waals surface area contributed by atoms with Gasteiger partial charge in [0.05, 0.1) is 6.10 Å². The number of aliphatic hydroxyl groups is 1. The van der Waals surface area contributed by atoms with Crippen molar-refractivity contribution in [2.24, 2.45) is 0 Å². The molecule has 0 saturated heterocycles. The number of nitrogens with one attached hydrogen (secondary N) is 1. The average Bonchev–Trinajstić information content (AvgIpc) is 2.68. The summed E-state index contributed by atoms with van der Waals surface area (Å²) in [6.45, 7) is 3.52. The van der Waals surface area contributed by atoms with E-state index in [-0.39, 0.29) is 0 Å². The summed E-state index contributed by atoms with van der Waals surface area (Å²) in [6, 6.07) is 18.1. The lowest BCUT2D eigenvalue weighted by Crippen LogP contribution is -2.31. The number of hydrogen-bond acceptors (Lipinski definition) is 5. The Kier molecular flexibility index (Phi) is 4.54. The Morgan fingerprint density at radius 3 is 2.73 bits per heavy atom. The van der Waals surface area contributed by atoms with Crippen LogP contribution < -0.4 is 10.2 Å². The van der Waals surface area contributed by atoms with E-state index in [1.54, 1.807) is 13.1 Å². The zero-order valence-corrected chi connectivity index (χ0v) is 14.8. The van der Waals surface area contributed by atoms with E-state index in [0.29, 0.717) is 5.95 Å². The van der Waals surface area contributed by atoms with Crippen molar-refractivity contribution in [1.82, 2.24) is 9.97 Å². The maximum atomic E-state index is 9.77.